The van der Waals surface area contributed by atoms with Crippen LogP contribution in [0.25, 0.3) is 0 Å². The van der Waals surface area contributed by atoms with E-state index >= 15 is 0 Å². The second kappa shape index (κ2) is 6.60. The normalized spacial score (nSPS) is 10.6. The molecule has 2 rings (SSSR count). The molecule has 0 aliphatic carbocycles. The molecule has 0 spiro atoms. The van der Waals surface area contributed by atoms with Crippen molar-refractivity contribution in [3.63, 3.8) is 0 Å². The highest BCUT2D eigenvalue weighted by Crippen LogP contribution is 2.26. The van der Waals surface area contributed by atoms with E-state index in [4.69, 9.17) is 13.9 Å². The third-order valence-corrected chi connectivity index (χ3v) is 2.75. The molecule has 0 radical (unpaired) electrons. The molecule has 1 N–H and O–H groups in total. The predicted molar refractivity (Wildman–Crippen MR) is 78.1 cm³/mol. The quantitative estimate of drug-likeness (QED) is 0.677. The van der Waals surface area contributed by atoms with Crippen LogP contribution in [0.5, 0.6) is 11.5 Å². The van der Waals surface area contributed by atoms with Crippen LogP contribution in [0.15, 0.2) is 39.9 Å². The average Bonchev–Trinajstić information content (AvgIpc) is 2.93. The number of nitrogens with zero attached hydrogens (tertiary/aromatic N) is 1. The standard InChI is InChI=1S/C15H16N2O4/c1-10-4-6-13(21-10)15(18)17-16-9-11-5-7-12(19-2)14(8-11)20-3/h4-9H,1-3H3,(H,17,18)/b16-9+. The van der Waals surface area contributed by atoms with E-state index in [-0.39, 0.29) is 5.76 Å². The molecule has 0 aliphatic rings. The summed E-state index contributed by atoms with van der Waals surface area (Å²) in [6.45, 7) is 1.77. The molecule has 1 aromatic heterocycles. The van der Waals surface area contributed by atoms with Crippen molar-refractivity contribution in [1.29, 1.82) is 0 Å². The van der Waals surface area contributed by atoms with Crippen LogP contribution in [-0.4, -0.2) is 26.3 Å². The van der Waals surface area contributed by atoms with Crippen molar-refractivity contribution in [2.75, 3.05) is 14.2 Å². The number of rotatable bonds is 5. The van der Waals surface area contributed by atoms with E-state index in [1.807, 2.05) is 0 Å². The summed E-state index contributed by atoms with van der Waals surface area (Å²) in [6.07, 6.45) is 1.51. The van der Waals surface area contributed by atoms with Gasteiger partial charge in [-0.25, -0.2) is 5.43 Å². The van der Waals surface area contributed by atoms with Gasteiger partial charge in [0.2, 0.25) is 0 Å². The van der Waals surface area contributed by atoms with E-state index in [0.29, 0.717) is 17.3 Å². The predicted octanol–water partition coefficient (Wildman–Crippen LogP) is 2.37. The van der Waals surface area contributed by atoms with Gasteiger partial charge in [-0.3, -0.25) is 4.79 Å². The Balaban J connectivity index is 2.03. The van der Waals surface area contributed by atoms with Crippen LogP contribution in [0.3, 0.4) is 0 Å². The third-order valence-electron chi connectivity index (χ3n) is 2.75. The van der Waals surface area contributed by atoms with Crippen molar-refractivity contribution in [1.82, 2.24) is 5.43 Å². The van der Waals surface area contributed by atoms with Gasteiger partial charge in [0.1, 0.15) is 5.76 Å². The van der Waals surface area contributed by atoms with Crippen LogP contribution < -0.4 is 14.9 Å². The molecule has 1 amide bonds. The van der Waals surface area contributed by atoms with Crippen LogP contribution in [0.1, 0.15) is 21.9 Å². The van der Waals surface area contributed by atoms with Crippen LogP contribution in [0.2, 0.25) is 0 Å². The van der Waals surface area contributed by atoms with E-state index in [1.54, 1.807) is 51.5 Å². The lowest BCUT2D eigenvalue weighted by Crippen LogP contribution is -2.16. The van der Waals surface area contributed by atoms with Gasteiger partial charge >= 0.3 is 5.91 Å². The number of furan rings is 1. The zero-order chi connectivity index (χ0) is 15.2. The molecule has 1 heterocycles. The second-order valence-electron chi connectivity index (χ2n) is 4.22. The largest absolute Gasteiger partial charge is 0.493 e. The molecule has 21 heavy (non-hydrogen) atoms. The first-order valence-corrected chi connectivity index (χ1v) is 6.26. The summed E-state index contributed by atoms with van der Waals surface area (Å²) in [5, 5.41) is 3.88. The number of aryl methyl sites for hydroxylation is 1. The molecule has 0 bridgehead atoms. The molecule has 0 unspecified atom stereocenters. The smallest absolute Gasteiger partial charge is 0.307 e. The Morgan fingerprint density at radius 3 is 2.57 bits per heavy atom. The van der Waals surface area contributed by atoms with Gasteiger partial charge in [0.05, 0.1) is 20.4 Å². The van der Waals surface area contributed by atoms with Gasteiger partial charge in [-0.15, -0.1) is 0 Å². The molecular weight excluding hydrogens is 272 g/mol. The van der Waals surface area contributed by atoms with Gasteiger partial charge in [-0.05, 0) is 42.8 Å². The summed E-state index contributed by atoms with van der Waals surface area (Å²) in [6, 6.07) is 8.63. The number of benzene rings is 1. The van der Waals surface area contributed by atoms with E-state index in [0.717, 1.165) is 5.56 Å². The molecule has 1 aromatic carbocycles. The fourth-order valence-corrected chi connectivity index (χ4v) is 1.71. The number of hydrazone groups is 1. The summed E-state index contributed by atoms with van der Waals surface area (Å²) in [5.41, 5.74) is 3.16. The van der Waals surface area contributed by atoms with Crippen molar-refractivity contribution in [3.05, 3.63) is 47.4 Å². The Kier molecular flexibility index (Phi) is 4.61. The molecule has 0 atom stereocenters. The summed E-state index contributed by atoms with van der Waals surface area (Å²) < 4.78 is 15.5. The maximum atomic E-state index is 11.7. The summed E-state index contributed by atoms with van der Waals surface area (Å²) in [4.78, 5) is 11.7. The molecule has 0 aliphatic heterocycles. The molecule has 6 heteroatoms. The Morgan fingerprint density at radius 1 is 1.19 bits per heavy atom. The van der Waals surface area contributed by atoms with Crippen LogP contribution in [-0.2, 0) is 0 Å². The van der Waals surface area contributed by atoms with Crippen molar-refractivity contribution in [3.8, 4) is 11.5 Å². The van der Waals surface area contributed by atoms with Gasteiger partial charge in [-0.2, -0.15) is 5.10 Å². The van der Waals surface area contributed by atoms with Crippen molar-refractivity contribution >= 4 is 12.1 Å². The van der Waals surface area contributed by atoms with Crippen LogP contribution >= 0.6 is 0 Å². The lowest BCUT2D eigenvalue weighted by molar-refractivity contribution is 0.0926. The van der Waals surface area contributed by atoms with Crippen LogP contribution in [0, 0.1) is 6.92 Å². The SMILES string of the molecule is COc1ccc(/C=N/NC(=O)c2ccc(C)o2)cc1OC. The highest BCUT2D eigenvalue weighted by atomic mass is 16.5. The maximum absolute atomic E-state index is 11.7. The molecule has 6 nitrogen and oxygen atoms in total. The minimum absolute atomic E-state index is 0.219. The highest BCUT2D eigenvalue weighted by Gasteiger charge is 2.08. The van der Waals surface area contributed by atoms with Gasteiger partial charge < -0.3 is 13.9 Å². The number of carbonyl (C=O) groups excluding carboxylic acids is 1. The number of hydrogen-bond acceptors (Lipinski definition) is 5. The first-order chi connectivity index (χ1) is 10.1. The Morgan fingerprint density at radius 2 is 1.95 bits per heavy atom. The highest BCUT2D eigenvalue weighted by molar-refractivity contribution is 5.92. The van der Waals surface area contributed by atoms with Crippen molar-refractivity contribution in [2.45, 2.75) is 6.92 Å². The lowest BCUT2D eigenvalue weighted by Gasteiger charge is -2.07. The number of nitrogens with one attached hydrogen (secondary N) is 1. The summed E-state index contributed by atoms with van der Waals surface area (Å²) in [7, 11) is 3.12. The summed E-state index contributed by atoms with van der Waals surface area (Å²) in [5.74, 6) is 1.71. The average molecular weight is 288 g/mol. The number of ether oxygens (including phenoxy) is 2. The zero-order valence-electron chi connectivity index (χ0n) is 12.0. The minimum atomic E-state index is -0.403. The summed E-state index contributed by atoms with van der Waals surface area (Å²) >= 11 is 0. The first kappa shape index (κ1) is 14.6. The molecule has 0 saturated heterocycles. The number of hydrogen-bond donors (Lipinski definition) is 1. The molecular formula is C15H16N2O4. The third kappa shape index (κ3) is 3.62. The monoisotopic (exact) mass is 288 g/mol. The zero-order valence-corrected chi connectivity index (χ0v) is 12.0. The Hall–Kier alpha value is -2.76. The van der Waals surface area contributed by atoms with E-state index in [9.17, 15) is 4.79 Å². The van der Waals surface area contributed by atoms with Gasteiger partial charge in [-0.1, -0.05) is 0 Å². The maximum Gasteiger partial charge on any atom is 0.307 e. The lowest BCUT2D eigenvalue weighted by atomic mass is 10.2. The number of methoxy groups -OCH3 is 2. The molecule has 0 fully saturated rings. The van der Waals surface area contributed by atoms with Gasteiger partial charge in [0.15, 0.2) is 17.3 Å². The van der Waals surface area contributed by atoms with Crippen molar-refractivity contribution in [2.24, 2.45) is 5.10 Å². The molecule has 2 aromatic rings. The Bertz CT molecular complexity index is 661. The fourth-order valence-electron chi connectivity index (χ4n) is 1.71. The van der Waals surface area contributed by atoms with Crippen LogP contribution in [0.4, 0.5) is 0 Å². The van der Waals surface area contributed by atoms with Gasteiger partial charge in [0.25, 0.3) is 0 Å². The first-order valence-electron chi connectivity index (χ1n) is 6.26. The van der Waals surface area contributed by atoms with E-state index in [1.165, 1.54) is 6.21 Å². The number of carbonyl (C=O) groups is 1. The molecule has 110 valence electrons. The topological polar surface area (TPSA) is 73.1 Å². The second-order valence-corrected chi connectivity index (χ2v) is 4.22. The van der Waals surface area contributed by atoms with Crippen molar-refractivity contribution < 1.29 is 18.7 Å². The van der Waals surface area contributed by atoms with Gasteiger partial charge in [0, 0.05) is 0 Å². The number of amides is 1. The van der Waals surface area contributed by atoms with E-state index in [2.05, 4.69) is 10.5 Å². The van der Waals surface area contributed by atoms with E-state index < -0.39 is 5.91 Å². The minimum Gasteiger partial charge on any atom is -0.493 e. The fraction of sp³-hybridized carbons (Fsp3) is 0.200. The molecule has 0 saturated carbocycles. The Labute approximate surface area is 122 Å².